The molecule has 1 aromatic rings. The van der Waals surface area contributed by atoms with Gasteiger partial charge in [-0.05, 0) is 31.9 Å². The van der Waals surface area contributed by atoms with Gasteiger partial charge in [-0.2, -0.15) is 13.2 Å². The number of aromatic nitrogens is 1. The van der Waals surface area contributed by atoms with E-state index in [0.29, 0.717) is 38.1 Å². The van der Waals surface area contributed by atoms with E-state index >= 15 is 0 Å². The summed E-state index contributed by atoms with van der Waals surface area (Å²) in [6, 6.07) is 2.28. The molecule has 30 heavy (non-hydrogen) atoms. The Morgan fingerprint density at radius 3 is 2.87 bits per heavy atom. The molecule has 3 N–H and O–H groups in total. The molecule has 0 amide bonds. The lowest BCUT2D eigenvalue weighted by atomic mass is 10.1. The van der Waals surface area contributed by atoms with Crippen LogP contribution in [0.2, 0.25) is 0 Å². The van der Waals surface area contributed by atoms with Gasteiger partial charge in [0.25, 0.3) is 0 Å². The van der Waals surface area contributed by atoms with E-state index in [1.165, 1.54) is 12.3 Å². The Labute approximate surface area is 192 Å². The Morgan fingerprint density at radius 1 is 1.33 bits per heavy atom. The summed E-state index contributed by atoms with van der Waals surface area (Å²) in [6.45, 7) is 6.88. The van der Waals surface area contributed by atoms with Crippen molar-refractivity contribution in [3.63, 3.8) is 0 Å². The summed E-state index contributed by atoms with van der Waals surface area (Å²) in [5.41, 5.74) is -0.773. The van der Waals surface area contributed by atoms with Crippen LogP contribution < -0.4 is 16.0 Å². The molecule has 11 heteroatoms. The smallest absolute Gasteiger partial charge is 0.381 e. The summed E-state index contributed by atoms with van der Waals surface area (Å²) in [6.07, 6.45) is -1.25. The fourth-order valence-corrected chi connectivity index (χ4v) is 2.80. The van der Waals surface area contributed by atoms with Gasteiger partial charge in [0, 0.05) is 51.5 Å². The van der Waals surface area contributed by atoms with Crippen molar-refractivity contribution in [2.75, 3.05) is 57.9 Å². The van der Waals surface area contributed by atoms with Crippen molar-refractivity contribution in [3.8, 4) is 0 Å². The molecule has 1 fully saturated rings. The van der Waals surface area contributed by atoms with Gasteiger partial charge >= 0.3 is 6.18 Å². The van der Waals surface area contributed by atoms with E-state index in [9.17, 15) is 13.2 Å². The predicted molar refractivity (Wildman–Crippen MR) is 121 cm³/mol. The molecule has 7 nitrogen and oxygen atoms in total. The van der Waals surface area contributed by atoms with E-state index < -0.39 is 11.7 Å². The molecule has 1 saturated heterocycles. The van der Waals surface area contributed by atoms with E-state index in [1.54, 1.807) is 0 Å². The number of aliphatic imine (C=N–C) groups is 1. The van der Waals surface area contributed by atoms with Crippen LogP contribution in [0.5, 0.6) is 0 Å². The number of alkyl halides is 3. The lowest BCUT2D eigenvalue weighted by molar-refractivity contribution is -0.137. The van der Waals surface area contributed by atoms with Gasteiger partial charge in [0.1, 0.15) is 5.82 Å². The van der Waals surface area contributed by atoms with Crippen LogP contribution in [0.15, 0.2) is 23.3 Å². The highest BCUT2D eigenvalue weighted by Gasteiger charge is 2.33. The average molecular weight is 545 g/mol. The molecule has 0 saturated carbocycles. The molecule has 2 rings (SSSR count). The second kappa shape index (κ2) is 14.6. The quantitative estimate of drug-likeness (QED) is 0.172. The fraction of sp³-hybridized carbons (Fsp3) is 0.684. The van der Waals surface area contributed by atoms with Crippen LogP contribution in [0.3, 0.4) is 0 Å². The number of ether oxygens (including phenoxy) is 2. The zero-order valence-electron chi connectivity index (χ0n) is 17.1. The van der Waals surface area contributed by atoms with E-state index in [-0.39, 0.29) is 36.3 Å². The first-order valence-electron chi connectivity index (χ1n) is 9.94. The highest BCUT2D eigenvalue weighted by atomic mass is 127. The van der Waals surface area contributed by atoms with Crippen molar-refractivity contribution < 1.29 is 22.6 Å². The van der Waals surface area contributed by atoms with Gasteiger partial charge < -0.3 is 25.4 Å². The molecule has 1 unspecified atom stereocenters. The molecular weight excluding hydrogens is 514 g/mol. The van der Waals surface area contributed by atoms with E-state index in [2.05, 4.69) is 25.9 Å². The zero-order chi connectivity index (χ0) is 21.0. The summed E-state index contributed by atoms with van der Waals surface area (Å²) >= 11 is 0. The Bertz CT molecular complexity index is 628. The number of guanidine groups is 1. The third-order valence-corrected chi connectivity index (χ3v) is 4.26. The first-order valence-corrected chi connectivity index (χ1v) is 9.94. The van der Waals surface area contributed by atoms with E-state index in [4.69, 9.17) is 9.47 Å². The molecule has 1 aromatic heterocycles. The number of nitrogens with one attached hydrogen (secondary N) is 3. The van der Waals surface area contributed by atoms with Crippen LogP contribution in [0, 0.1) is 5.92 Å². The van der Waals surface area contributed by atoms with Gasteiger partial charge in [-0.25, -0.2) is 4.98 Å². The second-order valence-electron chi connectivity index (χ2n) is 6.67. The van der Waals surface area contributed by atoms with Crippen molar-refractivity contribution in [2.24, 2.45) is 10.9 Å². The summed E-state index contributed by atoms with van der Waals surface area (Å²) in [5.74, 6) is 0.950. The van der Waals surface area contributed by atoms with Crippen molar-refractivity contribution in [3.05, 3.63) is 23.9 Å². The number of hydrogen-bond donors (Lipinski definition) is 3. The molecule has 0 aromatic carbocycles. The number of hydrogen-bond acceptors (Lipinski definition) is 5. The van der Waals surface area contributed by atoms with Crippen molar-refractivity contribution in [1.29, 1.82) is 0 Å². The summed E-state index contributed by atoms with van der Waals surface area (Å²) < 4.78 is 49.8. The summed E-state index contributed by atoms with van der Waals surface area (Å²) in [5, 5.41) is 8.93. The summed E-state index contributed by atoms with van der Waals surface area (Å²) in [7, 11) is 0. The molecule has 0 aliphatic carbocycles. The third-order valence-electron chi connectivity index (χ3n) is 4.26. The number of pyridine rings is 1. The number of rotatable bonds is 11. The predicted octanol–water partition coefficient (Wildman–Crippen LogP) is 3.13. The van der Waals surface area contributed by atoms with Crippen molar-refractivity contribution in [1.82, 2.24) is 15.6 Å². The highest BCUT2D eigenvalue weighted by Crippen LogP contribution is 2.33. The molecule has 1 atom stereocenters. The largest absolute Gasteiger partial charge is 0.419 e. The highest BCUT2D eigenvalue weighted by molar-refractivity contribution is 14.0. The number of anilines is 1. The first kappa shape index (κ1) is 26.7. The van der Waals surface area contributed by atoms with E-state index in [1.807, 2.05) is 6.92 Å². The normalized spacial score (nSPS) is 16.8. The maximum Gasteiger partial charge on any atom is 0.419 e. The molecule has 1 aliphatic rings. The van der Waals surface area contributed by atoms with Crippen LogP contribution in [0.4, 0.5) is 19.0 Å². The van der Waals surface area contributed by atoms with Gasteiger partial charge in [-0.3, -0.25) is 4.99 Å². The Balaban J connectivity index is 0.00000450. The average Bonchev–Trinajstić information content (AvgIpc) is 3.20. The summed E-state index contributed by atoms with van der Waals surface area (Å²) in [4.78, 5) is 8.23. The second-order valence-corrected chi connectivity index (χ2v) is 6.67. The van der Waals surface area contributed by atoms with Crippen LogP contribution in [0.1, 0.15) is 25.3 Å². The van der Waals surface area contributed by atoms with Gasteiger partial charge in [-0.1, -0.05) is 0 Å². The zero-order valence-corrected chi connectivity index (χ0v) is 19.5. The van der Waals surface area contributed by atoms with Crippen LogP contribution in [-0.4, -0.2) is 63.6 Å². The van der Waals surface area contributed by atoms with Crippen LogP contribution >= 0.6 is 24.0 Å². The third kappa shape index (κ3) is 10.1. The SMILES string of the molecule is CCNC(=NCCCOCC1CCOC1)NCCNc1ncccc1C(F)(F)F.I. The maximum atomic E-state index is 13.0. The number of nitrogens with zero attached hydrogens (tertiary/aromatic N) is 2. The van der Waals surface area contributed by atoms with Gasteiger partial charge in [0.15, 0.2) is 5.96 Å². The minimum atomic E-state index is -4.44. The lowest BCUT2D eigenvalue weighted by Gasteiger charge is -2.15. The Kier molecular flexibility index (Phi) is 13.0. The van der Waals surface area contributed by atoms with E-state index in [0.717, 1.165) is 38.7 Å². The molecule has 0 bridgehead atoms. The fourth-order valence-electron chi connectivity index (χ4n) is 2.80. The van der Waals surface area contributed by atoms with Gasteiger partial charge in [0.05, 0.1) is 18.8 Å². The minimum absolute atomic E-state index is 0. The topological polar surface area (TPSA) is 79.8 Å². The molecule has 0 radical (unpaired) electrons. The van der Waals surface area contributed by atoms with Crippen molar-refractivity contribution >= 4 is 35.8 Å². The van der Waals surface area contributed by atoms with Crippen LogP contribution in [-0.2, 0) is 15.7 Å². The number of halogens is 4. The Hall–Kier alpha value is -1.34. The van der Waals surface area contributed by atoms with Gasteiger partial charge in [-0.15, -0.1) is 24.0 Å². The monoisotopic (exact) mass is 545 g/mol. The molecule has 1 aliphatic heterocycles. The standard InChI is InChI=1S/C19H30F3N5O2.HI/c1-2-23-18(26-8-4-11-28-13-15-6-12-29-14-15)27-10-9-25-17-16(19(20,21)22)5-3-7-24-17;/h3,5,7,15H,2,4,6,8-14H2,1H3,(H,24,25)(H2,23,26,27);1H. The molecule has 172 valence electrons. The van der Waals surface area contributed by atoms with Crippen molar-refractivity contribution in [2.45, 2.75) is 25.9 Å². The molecular formula is C19H31F3IN5O2. The van der Waals surface area contributed by atoms with Gasteiger partial charge in [0.2, 0.25) is 0 Å². The Morgan fingerprint density at radius 2 is 2.17 bits per heavy atom. The van der Waals surface area contributed by atoms with Crippen LogP contribution in [0.25, 0.3) is 0 Å². The lowest BCUT2D eigenvalue weighted by Crippen LogP contribution is -2.39. The maximum absolute atomic E-state index is 13.0. The minimum Gasteiger partial charge on any atom is -0.381 e. The molecule has 0 spiro atoms. The first-order chi connectivity index (χ1) is 14.0. The molecule has 2 heterocycles.